The Morgan fingerprint density at radius 1 is 1.28 bits per heavy atom. The highest BCUT2D eigenvalue weighted by Crippen LogP contribution is 2.37. The van der Waals surface area contributed by atoms with Crippen LogP contribution in [0.15, 0.2) is 18.2 Å². The van der Waals surface area contributed by atoms with Crippen LogP contribution >= 0.6 is 0 Å². The zero-order valence-electron chi connectivity index (χ0n) is 14.2. The van der Waals surface area contributed by atoms with E-state index in [1.807, 2.05) is 30.0 Å². The van der Waals surface area contributed by atoms with Crippen LogP contribution in [-0.4, -0.2) is 50.0 Å². The summed E-state index contributed by atoms with van der Waals surface area (Å²) < 4.78 is 0. The molecule has 2 fully saturated rings. The van der Waals surface area contributed by atoms with Crippen LogP contribution in [0.3, 0.4) is 0 Å². The van der Waals surface area contributed by atoms with Gasteiger partial charge in [0.2, 0.25) is 5.91 Å². The first-order chi connectivity index (χ1) is 12.0. The number of imidazole rings is 1. The average Bonchev–Trinajstić information content (AvgIpc) is 3.17. The van der Waals surface area contributed by atoms with E-state index < -0.39 is 12.0 Å². The molecular weight excluding hydrogens is 320 g/mol. The SMILES string of the molecule is Cc1cccc2[nH]c(CNC(=O)C3CCC(C(=O)O)N3C3CC3)nc12. The van der Waals surface area contributed by atoms with Gasteiger partial charge >= 0.3 is 5.97 Å². The van der Waals surface area contributed by atoms with Crippen molar-refractivity contribution >= 4 is 22.9 Å². The Hall–Kier alpha value is -2.41. The molecule has 2 unspecified atom stereocenters. The molecule has 1 saturated carbocycles. The maximum absolute atomic E-state index is 12.6. The van der Waals surface area contributed by atoms with Gasteiger partial charge in [0.15, 0.2) is 0 Å². The Morgan fingerprint density at radius 2 is 2.04 bits per heavy atom. The number of aromatic amines is 1. The van der Waals surface area contributed by atoms with Gasteiger partial charge in [-0.15, -0.1) is 0 Å². The summed E-state index contributed by atoms with van der Waals surface area (Å²) in [6.07, 6.45) is 3.10. The molecule has 1 amide bonds. The number of aliphatic carboxylic acids is 1. The Labute approximate surface area is 145 Å². The van der Waals surface area contributed by atoms with Gasteiger partial charge in [0.05, 0.1) is 23.6 Å². The Balaban J connectivity index is 1.44. The van der Waals surface area contributed by atoms with Crippen LogP contribution in [0, 0.1) is 6.92 Å². The molecule has 2 heterocycles. The number of rotatable bonds is 5. The number of benzene rings is 1. The summed E-state index contributed by atoms with van der Waals surface area (Å²) in [7, 11) is 0. The molecule has 2 aromatic rings. The van der Waals surface area contributed by atoms with Crippen LogP contribution < -0.4 is 5.32 Å². The summed E-state index contributed by atoms with van der Waals surface area (Å²) in [5.74, 6) is -0.216. The van der Waals surface area contributed by atoms with Crippen molar-refractivity contribution in [1.29, 1.82) is 0 Å². The molecule has 7 nitrogen and oxygen atoms in total. The fourth-order valence-corrected chi connectivity index (χ4v) is 3.83. The molecule has 0 bridgehead atoms. The van der Waals surface area contributed by atoms with Gasteiger partial charge in [0.25, 0.3) is 0 Å². The lowest BCUT2D eigenvalue weighted by atomic mass is 10.2. The summed E-state index contributed by atoms with van der Waals surface area (Å²) >= 11 is 0. The number of para-hydroxylation sites is 1. The summed E-state index contributed by atoms with van der Waals surface area (Å²) in [5, 5.41) is 12.3. The van der Waals surface area contributed by atoms with Gasteiger partial charge in [-0.1, -0.05) is 12.1 Å². The molecule has 132 valence electrons. The van der Waals surface area contributed by atoms with Gasteiger partial charge in [0, 0.05) is 6.04 Å². The highest BCUT2D eigenvalue weighted by Gasteiger charge is 2.48. The van der Waals surface area contributed by atoms with Crippen molar-refractivity contribution in [3.05, 3.63) is 29.6 Å². The second kappa shape index (κ2) is 6.15. The summed E-state index contributed by atoms with van der Waals surface area (Å²) in [6.45, 7) is 2.32. The van der Waals surface area contributed by atoms with Crippen LogP contribution in [-0.2, 0) is 16.1 Å². The number of aryl methyl sites for hydroxylation is 1. The second-order valence-corrected chi connectivity index (χ2v) is 7.00. The fraction of sp³-hybridized carbons (Fsp3) is 0.500. The molecule has 1 saturated heterocycles. The molecule has 7 heteroatoms. The monoisotopic (exact) mass is 342 g/mol. The van der Waals surface area contributed by atoms with E-state index in [1.165, 1.54) is 0 Å². The van der Waals surface area contributed by atoms with Crippen molar-refractivity contribution in [3.63, 3.8) is 0 Å². The largest absolute Gasteiger partial charge is 0.480 e. The number of hydrogen-bond acceptors (Lipinski definition) is 4. The number of amides is 1. The number of aromatic nitrogens is 2. The third-order valence-electron chi connectivity index (χ3n) is 5.18. The van der Waals surface area contributed by atoms with E-state index in [9.17, 15) is 14.7 Å². The molecule has 3 N–H and O–H groups in total. The molecule has 25 heavy (non-hydrogen) atoms. The van der Waals surface area contributed by atoms with Crippen LogP contribution in [0.4, 0.5) is 0 Å². The fourth-order valence-electron chi connectivity index (χ4n) is 3.83. The minimum atomic E-state index is -0.824. The lowest BCUT2D eigenvalue weighted by Gasteiger charge is -2.27. The van der Waals surface area contributed by atoms with E-state index in [2.05, 4.69) is 15.3 Å². The second-order valence-electron chi connectivity index (χ2n) is 7.00. The van der Waals surface area contributed by atoms with E-state index in [0.29, 0.717) is 25.2 Å². The number of fused-ring (bicyclic) bond motifs is 1. The van der Waals surface area contributed by atoms with Crippen LogP contribution in [0.2, 0.25) is 0 Å². The maximum atomic E-state index is 12.6. The van der Waals surface area contributed by atoms with E-state index >= 15 is 0 Å². The topological polar surface area (TPSA) is 98.3 Å². The van der Waals surface area contributed by atoms with Crippen LogP contribution in [0.1, 0.15) is 37.1 Å². The van der Waals surface area contributed by atoms with Gasteiger partial charge < -0.3 is 15.4 Å². The number of carbonyl (C=O) groups is 2. The molecule has 2 atom stereocenters. The van der Waals surface area contributed by atoms with Crippen molar-refractivity contribution in [1.82, 2.24) is 20.2 Å². The number of likely N-dealkylation sites (tertiary alicyclic amines) is 1. The van der Waals surface area contributed by atoms with Crippen molar-refractivity contribution in [3.8, 4) is 0 Å². The Bertz CT molecular complexity index is 827. The molecule has 1 aliphatic heterocycles. The quantitative estimate of drug-likeness (QED) is 0.766. The van der Waals surface area contributed by atoms with Gasteiger partial charge in [-0.25, -0.2) is 4.98 Å². The molecule has 1 aromatic carbocycles. The first kappa shape index (κ1) is 16.1. The minimum absolute atomic E-state index is 0.104. The molecule has 4 rings (SSSR count). The lowest BCUT2D eigenvalue weighted by Crippen LogP contribution is -2.49. The highest BCUT2D eigenvalue weighted by atomic mass is 16.4. The summed E-state index contributed by atoms with van der Waals surface area (Å²) in [4.78, 5) is 33.7. The van der Waals surface area contributed by atoms with E-state index in [4.69, 9.17) is 0 Å². The molecule has 0 spiro atoms. The Morgan fingerprint density at radius 3 is 2.72 bits per heavy atom. The van der Waals surface area contributed by atoms with Gasteiger partial charge in [-0.3, -0.25) is 14.5 Å². The number of H-pyrrole nitrogens is 1. The zero-order chi connectivity index (χ0) is 17.6. The van der Waals surface area contributed by atoms with Crippen LogP contribution in [0.25, 0.3) is 11.0 Å². The van der Waals surface area contributed by atoms with Gasteiger partial charge in [0.1, 0.15) is 11.9 Å². The first-order valence-electron chi connectivity index (χ1n) is 8.77. The number of carbonyl (C=O) groups excluding carboxylic acids is 1. The van der Waals surface area contributed by atoms with Crippen molar-refractivity contribution in [2.45, 2.75) is 57.3 Å². The number of hydrogen-bond donors (Lipinski definition) is 3. The number of nitrogens with one attached hydrogen (secondary N) is 2. The molecule has 2 aliphatic rings. The summed E-state index contributed by atoms with van der Waals surface area (Å²) in [6, 6.07) is 5.30. The Kier molecular flexibility index (Phi) is 3.95. The minimum Gasteiger partial charge on any atom is -0.480 e. The van der Waals surface area contributed by atoms with E-state index in [-0.39, 0.29) is 18.0 Å². The zero-order valence-corrected chi connectivity index (χ0v) is 14.2. The third-order valence-corrected chi connectivity index (χ3v) is 5.18. The van der Waals surface area contributed by atoms with E-state index in [1.54, 1.807) is 0 Å². The van der Waals surface area contributed by atoms with Crippen LogP contribution in [0.5, 0.6) is 0 Å². The molecular formula is C18H22N4O3. The van der Waals surface area contributed by atoms with Gasteiger partial charge in [-0.2, -0.15) is 0 Å². The lowest BCUT2D eigenvalue weighted by molar-refractivity contribution is -0.143. The van der Waals surface area contributed by atoms with Crippen molar-refractivity contribution in [2.75, 3.05) is 0 Å². The maximum Gasteiger partial charge on any atom is 0.320 e. The van der Waals surface area contributed by atoms with E-state index in [0.717, 1.165) is 29.4 Å². The highest BCUT2D eigenvalue weighted by molar-refractivity contribution is 5.84. The number of carboxylic acids is 1. The predicted molar refractivity (Wildman–Crippen MR) is 92.0 cm³/mol. The predicted octanol–water partition coefficient (Wildman–Crippen LogP) is 1.57. The smallest absolute Gasteiger partial charge is 0.320 e. The normalized spacial score (nSPS) is 23.9. The summed E-state index contributed by atoms with van der Waals surface area (Å²) in [5.41, 5.74) is 2.96. The number of nitrogens with zero attached hydrogens (tertiary/aromatic N) is 2. The third kappa shape index (κ3) is 3.00. The van der Waals surface area contributed by atoms with Crippen molar-refractivity contribution < 1.29 is 14.7 Å². The standard InChI is InChI=1S/C18H22N4O3/c1-10-3-2-4-12-16(10)21-15(20-12)9-19-17(23)13-7-8-14(18(24)25)22(13)11-5-6-11/h2-4,11,13-14H,5-9H2,1H3,(H,19,23)(H,20,21)(H,24,25). The number of carboxylic acid groups (broad SMARTS) is 1. The molecule has 1 aliphatic carbocycles. The molecule has 1 aromatic heterocycles. The van der Waals surface area contributed by atoms with Gasteiger partial charge in [-0.05, 0) is 44.2 Å². The first-order valence-corrected chi connectivity index (χ1v) is 8.77. The average molecular weight is 342 g/mol. The van der Waals surface area contributed by atoms with Crippen molar-refractivity contribution in [2.24, 2.45) is 0 Å². The molecule has 0 radical (unpaired) electrons.